The van der Waals surface area contributed by atoms with E-state index < -0.39 is 0 Å². The average Bonchev–Trinajstić information content (AvgIpc) is 2.67. The topological polar surface area (TPSA) is 75.0 Å². The highest BCUT2D eigenvalue weighted by Gasteiger charge is 2.36. The maximum atomic E-state index is 12.3. The lowest BCUT2D eigenvalue weighted by atomic mass is 9.79. The minimum absolute atomic E-state index is 0.0223. The number of hydrogen-bond acceptors (Lipinski definition) is 3. The number of hydrogen-bond donors (Lipinski definition) is 2. The Bertz CT molecular complexity index is 424. The molecule has 1 fully saturated rings. The Morgan fingerprint density at radius 1 is 1.65 bits per heavy atom. The van der Waals surface area contributed by atoms with Crippen LogP contribution in [0.2, 0.25) is 0 Å². The number of piperidine rings is 1. The fourth-order valence-corrected chi connectivity index (χ4v) is 2.28. The first-order chi connectivity index (χ1) is 7.92. The summed E-state index contributed by atoms with van der Waals surface area (Å²) in [5.41, 5.74) is 7.53. The van der Waals surface area contributed by atoms with E-state index in [0.29, 0.717) is 12.1 Å². The molecule has 3 N–H and O–H groups in total. The number of carbonyl (C=O) groups is 1. The van der Waals surface area contributed by atoms with Crippen molar-refractivity contribution in [2.24, 2.45) is 11.1 Å². The summed E-state index contributed by atoms with van der Waals surface area (Å²) in [7, 11) is 0. The Hall–Kier alpha value is -1.36. The monoisotopic (exact) mass is 236 g/mol. The fourth-order valence-electron chi connectivity index (χ4n) is 2.28. The van der Waals surface area contributed by atoms with Crippen molar-refractivity contribution in [3.8, 4) is 0 Å². The molecule has 1 atom stereocenters. The number of nitrogens with zero attached hydrogens (tertiary/aromatic N) is 2. The molecule has 5 nitrogen and oxygen atoms in total. The first-order valence-electron chi connectivity index (χ1n) is 5.96. The van der Waals surface area contributed by atoms with Crippen LogP contribution in [0.5, 0.6) is 0 Å². The van der Waals surface area contributed by atoms with Crippen molar-refractivity contribution in [1.29, 1.82) is 0 Å². The lowest BCUT2D eigenvalue weighted by molar-refractivity contribution is 0.0532. The van der Waals surface area contributed by atoms with Crippen LogP contribution in [0.3, 0.4) is 0 Å². The van der Waals surface area contributed by atoms with Gasteiger partial charge in [-0.2, -0.15) is 5.10 Å². The van der Waals surface area contributed by atoms with Gasteiger partial charge in [0.2, 0.25) is 0 Å². The number of rotatable bonds is 1. The molecule has 0 radical (unpaired) electrons. The van der Waals surface area contributed by atoms with Crippen molar-refractivity contribution in [2.45, 2.75) is 33.2 Å². The largest absolute Gasteiger partial charge is 0.338 e. The molecule has 0 aliphatic carbocycles. The van der Waals surface area contributed by atoms with E-state index in [1.165, 1.54) is 0 Å². The Labute approximate surface area is 101 Å². The van der Waals surface area contributed by atoms with Crippen LogP contribution in [0.15, 0.2) is 6.20 Å². The zero-order valence-corrected chi connectivity index (χ0v) is 10.7. The summed E-state index contributed by atoms with van der Waals surface area (Å²) in [6.45, 7) is 7.52. The highest BCUT2D eigenvalue weighted by molar-refractivity contribution is 5.95. The number of likely N-dealkylation sites (tertiary alicyclic amines) is 1. The predicted octanol–water partition coefficient (Wildman–Crippen LogP) is 0.918. The second-order valence-corrected chi connectivity index (χ2v) is 5.52. The minimum atomic E-state index is -0.0223. The molecule has 94 valence electrons. The average molecular weight is 236 g/mol. The number of amides is 1. The molecule has 2 heterocycles. The molecule has 1 aliphatic rings. The maximum absolute atomic E-state index is 12.3. The summed E-state index contributed by atoms with van der Waals surface area (Å²) in [6, 6.07) is 0.164. The SMILES string of the molecule is Cc1[nH]ncc1C(=O)N1CCC(N)C(C)(C)C1. The highest BCUT2D eigenvalue weighted by atomic mass is 16.2. The number of aromatic nitrogens is 2. The van der Waals surface area contributed by atoms with Gasteiger partial charge in [-0.3, -0.25) is 9.89 Å². The van der Waals surface area contributed by atoms with Gasteiger partial charge < -0.3 is 10.6 Å². The van der Waals surface area contributed by atoms with Gasteiger partial charge in [0.15, 0.2) is 0 Å². The normalized spacial score (nSPS) is 23.8. The molecule has 5 heteroatoms. The van der Waals surface area contributed by atoms with Crippen LogP contribution in [-0.2, 0) is 0 Å². The number of H-pyrrole nitrogens is 1. The lowest BCUT2D eigenvalue weighted by Crippen LogP contribution is -2.54. The number of carbonyl (C=O) groups excluding carboxylic acids is 1. The summed E-state index contributed by atoms with van der Waals surface area (Å²) in [5.74, 6) is 0.0521. The molecular formula is C12H20N4O. The van der Waals surface area contributed by atoms with Gasteiger partial charge in [-0.05, 0) is 18.8 Å². The van der Waals surface area contributed by atoms with Gasteiger partial charge in [-0.1, -0.05) is 13.8 Å². The van der Waals surface area contributed by atoms with Gasteiger partial charge in [0.1, 0.15) is 0 Å². The first-order valence-corrected chi connectivity index (χ1v) is 5.96. The third-order valence-corrected chi connectivity index (χ3v) is 3.66. The third-order valence-electron chi connectivity index (χ3n) is 3.66. The highest BCUT2D eigenvalue weighted by Crippen LogP contribution is 2.28. The Kier molecular flexibility index (Phi) is 2.95. The fraction of sp³-hybridized carbons (Fsp3) is 0.667. The smallest absolute Gasteiger partial charge is 0.257 e. The number of nitrogens with two attached hydrogens (primary N) is 1. The van der Waals surface area contributed by atoms with Gasteiger partial charge in [-0.25, -0.2) is 0 Å². The van der Waals surface area contributed by atoms with Crippen LogP contribution >= 0.6 is 0 Å². The van der Waals surface area contributed by atoms with Crippen LogP contribution in [0.4, 0.5) is 0 Å². The molecule has 0 spiro atoms. The molecule has 0 aromatic carbocycles. The Balaban J connectivity index is 2.15. The summed E-state index contributed by atoms with van der Waals surface area (Å²) in [5, 5.41) is 6.69. The number of nitrogens with one attached hydrogen (secondary N) is 1. The van der Waals surface area contributed by atoms with Crippen LogP contribution in [0.25, 0.3) is 0 Å². The molecule has 0 bridgehead atoms. The van der Waals surface area contributed by atoms with Crippen molar-refractivity contribution < 1.29 is 4.79 Å². The van der Waals surface area contributed by atoms with Crippen molar-refractivity contribution in [3.63, 3.8) is 0 Å². The number of aromatic amines is 1. The zero-order chi connectivity index (χ0) is 12.6. The predicted molar refractivity (Wildman–Crippen MR) is 65.6 cm³/mol. The molecule has 1 saturated heterocycles. The summed E-state index contributed by atoms with van der Waals surface area (Å²) < 4.78 is 0. The van der Waals surface area contributed by atoms with E-state index in [-0.39, 0.29) is 17.4 Å². The Morgan fingerprint density at radius 2 is 2.35 bits per heavy atom. The van der Waals surface area contributed by atoms with E-state index in [1.54, 1.807) is 6.20 Å². The molecule has 1 aromatic rings. The molecule has 1 unspecified atom stereocenters. The first kappa shape index (κ1) is 12.1. The van der Waals surface area contributed by atoms with Crippen LogP contribution < -0.4 is 5.73 Å². The molecule has 0 saturated carbocycles. The standard InChI is InChI=1S/C12H20N4O/c1-8-9(6-14-15-8)11(17)16-5-4-10(13)12(2,3)7-16/h6,10H,4-5,7,13H2,1-3H3,(H,14,15). The van der Waals surface area contributed by atoms with Crippen molar-refractivity contribution in [1.82, 2.24) is 15.1 Å². The van der Waals surface area contributed by atoms with Crippen molar-refractivity contribution >= 4 is 5.91 Å². The van der Waals surface area contributed by atoms with E-state index in [2.05, 4.69) is 24.0 Å². The quantitative estimate of drug-likeness (QED) is 0.761. The molecule has 1 amide bonds. The van der Waals surface area contributed by atoms with E-state index in [4.69, 9.17) is 5.73 Å². The summed E-state index contributed by atoms with van der Waals surface area (Å²) in [4.78, 5) is 14.2. The third kappa shape index (κ3) is 2.20. The van der Waals surface area contributed by atoms with E-state index in [0.717, 1.165) is 18.7 Å². The van der Waals surface area contributed by atoms with Gasteiger partial charge in [0.25, 0.3) is 5.91 Å². The van der Waals surface area contributed by atoms with Crippen LogP contribution in [0.1, 0.15) is 36.3 Å². The van der Waals surface area contributed by atoms with Gasteiger partial charge >= 0.3 is 0 Å². The van der Waals surface area contributed by atoms with Crippen LogP contribution in [-0.4, -0.2) is 40.1 Å². The molecule has 1 aromatic heterocycles. The van der Waals surface area contributed by atoms with E-state index >= 15 is 0 Å². The van der Waals surface area contributed by atoms with E-state index in [1.807, 2.05) is 11.8 Å². The second-order valence-electron chi connectivity index (χ2n) is 5.52. The number of aryl methyl sites for hydroxylation is 1. The van der Waals surface area contributed by atoms with Gasteiger partial charge in [0, 0.05) is 24.8 Å². The Morgan fingerprint density at radius 3 is 2.88 bits per heavy atom. The summed E-state index contributed by atoms with van der Waals surface area (Å²) in [6.07, 6.45) is 2.45. The van der Waals surface area contributed by atoms with Gasteiger partial charge in [-0.15, -0.1) is 0 Å². The maximum Gasteiger partial charge on any atom is 0.257 e. The minimum Gasteiger partial charge on any atom is -0.338 e. The summed E-state index contributed by atoms with van der Waals surface area (Å²) >= 11 is 0. The second kappa shape index (κ2) is 4.14. The molecule has 1 aliphatic heterocycles. The van der Waals surface area contributed by atoms with Gasteiger partial charge in [0.05, 0.1) is 11.8 Å². The van der Waals surface area contributed by atoms with E-state index in [9.17, 15) is 4.79 Å². The lowest BCUT2D eigenvalue weighted by Gasteiger charge is -2.42. The zero-order valence-electron chi connectivity index (χ0n) is 10.7. The van der Waals surface area contributed by atoms with Crippen molar-refractivity contribution in [2.75, 3.05) is 13.1 Å². The van der Waals surface area contributed by atoms with Crippen LogP contribution in [0, 0.1) is 12.3 Å². The molecule has 2 rings (SSSR count). The molecular weight excluding hydrogens is 216 g/mol. The molecule has 17 heavy (non-hydrogen) atoms. The van der Waals surface area contributed by atoms with Crippen molar-refractivity contribution in [3.05, 3.63) is 17.5 Å².